The number of para-hydroxylation sites is 1. The van der Waals surface area contributed by atoms with Gasteiger partial charge in [0.25, 0.3) is 0 Å². The van der Waals surface area contributed by atoms with E-state index in [1.54, 1.807) is 12.1 Å². The van der Waals surface area contributed by atoms with Gasteiger partial charge < -0.3 is 20.1 Å². The number of aliphatic imine (C=N–C) groups is 1. The smallest absolute Gasteiger partial charge is 0.248 e. The van der Waals surface area contributed by atoms with Gasteiger partial charge in [-0.1, -0.05) is 35.0 Å². The number of rotatable bonds is 7. The van der Waals surface area contributed by atoms with E-state index in [1.165, 1.54) is 10.9 Å². The molecule has 0 aliphatic heterocycles. The average molecular weight is 423 g/mol. The molecule has 0 spiro atoms. The number of fused-ring (bicyclic) bond motifs is 1. The van der Waals surface area contributed by atoms with Crippen molar-refractivity contribution in [1.29, 1.82) is 0 Å². The molecule has 4 rings (SSSR count). The lowest BCUT2D eigenvalue weighted by Crippen LogP contribution is -2.38. The molecule has 0 amide bonds. The van der Waals surface area contributed by atoms with Crippen molar-refractivity contribution in [2.45, 2.75) is 19.9 Å². The van der Waals surface area contributed by atoms with Crippen LogP contribution in [0.5, 0.6) is 0 Å². The van der Waals surface area contributed by atoms with Gasteiger partial charge in [-0.2, -0.15) is 4.98 Å². The van der Waals surface area contributed by atoms with Crippen LogP contribution in [0.4, 0.5) is 0 Å². The summed E-state index contributed by atoms with van der Waals surface area (Å²) in [4.78, 5) is 12.3. The summed E-state index contributed by atoms with van der Waals surface area (Å²) in [7, 11) is 0. The molecular formula is C22H23ClN6O. The number of guanidine groups is 1. The second-order valence-corrected chi connectivity index (χ2v) is 7.19. The summed E-state index contributed by atoms with van der Waals surface area (Å²) in [6, 6.07) is 15.6. The third kappa shape index (κ3) is 4.80. The standard InChI is InChI=1S/C22H23ClN6O/c1-2-24-22(25-12-11-16-13-26-19-6-4-3-5-18(16)19)27-14-20-28-21(29-30-20)15-7-9-17(23)10-8-15/h3-10,13,26H,2,11-12,14H2,1H3,(H2,24,25,27). The van der Waals surface area contributed by atoms with Crippen LogP contribution >= 0.6 is 11.6 Å². The van der Waals surface area contributed by atoms with E-state index in [-0.39, 0.29) is 0 Å². The van der Waals surface area contributed by atoms with E-state index in [9.17, 15) is 0 Å². The number of hydrogen-bond donors (Lipinski definition) is 3. The largest absolute Gasteiger partial charge is 0.361 e. The molecular weight excluding hydrogens is 400 g/mol. The molecule has 0 unspecified atom stereocenters. The number of H-pyrrole nitrogens is 1. The van der Waals surface area contributed by atoms with Crippen molar-refractivity contribution in [3.63, 3.8) is 0 Å². The van der Waals surface area contributed by atoms with Crippen LogP contribution in [0.2, 0.25) is 5.02 Å². The zero-order valence-corrected chi connectivity index (χ0v) is 17.4. The zero-order chi connectivity index (χ0) is 20.8. The maximum absolute atomic E-state index is 5.92. The Hall–Kier alpha value is -3.32. The number of benzene rings is 2. The molecule has 4 aromatic rings. The maximum Gasteiger partial charge on any atom is 0.248 e. The van der Waals surface area contributed by atoms with Gasteiger partial charge in [0.15, 0.2) is 5.96 Å². The number of nitrogens with zero attached hydrogens (tertiary/aromatic N) is 3. The Bertz CT molecular complexity index is 1130. The van der Waals surface area contributed by atoms with E-state index in [4.69, 9.17) is 16.1 Å². The molecule has 0 saturated carbocycles. The van der Waals surface area contributed by atoms with Gasteiger partial charge in [0, 0.05) is 40.8 Å². The summed E-state index contributed by atoms with van der Waals surface area (Å²) >= 11 is 5.92. The normalized spacial score (nSPS) is 11.7. The van der Waals surface area contributed by atoms with Crippen molar-refractivity contribution < 1.29 is 4.52 Å². The van der Waals surface area contributed by atoms with Crippen molar-refractivity contribution in [3.8, 4) is 11.4 Å². The van der Waals surface area contributed by atoms with Crippen LogP contribution in [-0.4, -0.2) is 34.2 Å². The highest BCUT2D eigenvalue weighted by Crippen LogP contribution is 2.19. The Morgan fingerprint density at radius 3 is 2.80 bits per heavy atom. The minimum absolute atomic E-state index is 0.295. The van der Waals surface area contributed by atoms with E-state index in [2.05, 4.69) is 55.1 Å². The monoisotopic (exact) mass is 422 g/mol. The van der Waals surface area contributed by atoms with Crippen molar-refractivity contribution in [2.24, 2.45) is 4.99 Å². The summed E-state index contributed by atoms with van der Waals surface area (Å²) < 4.78 is 5.33. The fourth-order valence-corrected chi connectivity index (χ4v) is 3.30. The molecule has 0 bridgehead atoms. The molecule has 0 fully saturated rings. The Morgan fingerprint density at radius 1 is 1.13 bits per heavy atom. The molecule has 30 heavy (non-hydrogen) atoms. The predicted octanol–water partition coefficient (Wildman–Crippen LogP) is 4.17. The van der Waals surface area contributed by atoms with Gasteiger partial charge in [-0.3, -0.25) is 0 Å². The van der Waals surface area contributed by atoms with Gasteiger partial charge in [0.05, 0.1) is 0 Å². The second-order valence-electron chi connectivity index (χ2n) is 6.75. The summed E-state index contributed by atoms with van der Waals surface area (Å²) in [5.74, 6) is 1.69. The fourth-order valence-electron chi connectivity index (χ4n) is 3.18. The molecule has 154 valence electrons. The number of nitrogens with one attached hydrogen (secondary N) is 3. The number of halogens is 1. The minimum Gasteiger partial charge on any atom is -0.361 e. The van der Waals surface area contributed by atoms with Crippen LogP contribution < -0.4 is 10.6 Å². The molecule has 3 N–H and O–H groups in total. The van der Waals surface area contributed by atoms with Gasteiger partial charge in [-0.25, -0.2) is 4.99 Å². The first-order valence-corrected chi connectivity index (χ1v) is 10.3. The zero-order valence-electron chi connectivity index (χ0n) is 16.7. The molecule has 2 aromatic carbocycles. The molecule has 0 radical (unpaired) electrons. The van der Waals surface area contributed by atoms with Gasteiger partial charge in [-0.05, 0) is 49.2 Å². The molecule has 0 atom stereocenters. The summed E-state index contributed by atoms with van der Waals surface area (Å²) in [6.07, 6.45) is 2.95. The topological polar surface area (TPSA) is 91.1 Å². The number of aromatic amines is 1. The van der Waals surface area contributed by atoms with Gasteiger partial charge in [-0.15, -0.1) is 0 Å². The lowest BCUT2D eigenvalue weighted by atomic mass is 10.1. The van der Waals surface area contributed by atoms with E-state index in [0.717, 1.165) is 30.6 Å². The van der Waals surface area contributed by atoms with Crippen molar-refractivity contribution in [3.05, 3.63) is 71.2 Å². The van der Waals surface area contributed by atoms with Gasteiger partial charge >= 0.3 is 0 Å². The SMILES string of the molecule is CCNC(=NCc1nc(-c2ccc(Cl)cc2)no1)NCCc1c[nH]c2ccccc12. The molecule has 8 heteroatoms. The highest BCUT2D eigenvalue weighted by Gasteiger charge is 2.09. The quantitative estimate of drug-likeness (QED) is 0.307. The summed E-state index contributed by atoms with van der Waals surface area (Å²) in [5.41, 5.74) is 3.28. The van der Waals surface area contributed by atoms with Gasteiger partial charge in [0.1, 0.15) is 6.54 Å². The summed E-state index contributed by atoms with van der Waals surface area (Å²) in [6.45, 7) is 3.84. The maximum atomic E-state index is 5.92. The van der Waals surface area contributed by atoms with E-state index < -0.39 is 0 Å². The van der Waals surface area contributed by atoms with Crippen LogP contribution in [0, 0.1) is 0 Å². The molecule has 7 nitrogen and oxygen atoms in total. The molecule has 2 aromatic heterocycles. The minimum atomic E-state index is 0.295. The van der Waals surface area contributed by atoms with Crippen molar-refractivity contribution in [1.82, 2.24) is 25.8 Å². The third-order valence-electron chi connectivity index (χ3n) is 4.65. The number of hydrogen-bond acceptors (Lipinski definition) is 4. The van der Waals surface area contributed by atoms with E-state index >= 15 is 0 Å². The second kappa shape index (κ2) is 9.45. The van der Waals surface area contributed by atoms with Crippen LogP contribution in [0.1, 0.15) is 18.4 Å². The third-order valence-corrected chi connectivity index (χ3v) is 4.90. The predicted molar refractivity (Wildman–Crippen MR) is 120 cm³/mol. The highest BCUT2D eigenvalue weighted by molar-refractivity contribution is 6.30. The van der Waals surface area contributed by atoms with Crippen molar-refractivity contribution >= 4 is 28.5 Å². The van der Waals surface area contributed by atoms with E-state index in [1.807, 2.05) is 25.1 Å². The molecule has 0 aliphatic carbocycles. The molecule has 0 saturated heterocycles. The molecule has 0 aliphatic rings. The average Bonchev–Trinajstić information content (AvgIpc) is 3.40. The lowest BCUT2D eigenvalue weighted by Gasteiger charge is -2.10. The first-order valence-electron chi connectivity index (χ1n) is 9.88. The Balaban J connectivity index is 1.36. The fraction of sp³-hybridized carbons (Fsp3) is 0.227. The van der Waals surface area contributed by atoms with Crippen molar-refractivity contribution in [2.75, 3.05) is 13.1 Å². The Morgan fingerprint density at radius 2 is 1.97 bits per heavy atom. The number of aromatic nitrogens is 3. The van der Waals surface area contributed by atoms with E-state index in [0.29, 0.717) is 29.2 Å². The van der Waals surface area contributed by atoms with Crippen LogP contribution in [0.3, 0.4) is 0 Å². The van der Waals surface area contributed by atoms with Crippen LogP contribution in [0.15, 0.2) is 64.2 Å². The van der Waals surface area contributed by atoms with Crippen LogP contribution in [-0.2, 0) is 13.0 Å². The summed E-state index contributed by atoms with van der Waals surface area (Å²) in [5, 5.41) is 12.5. The molecule has 2 heterocycles. The first kappa shape index (κ1) is 20.0. The van der Waals surface area contributed by atoms with Gasteiger partial charge in [0.2, 0.25) is 11.7 Å². The lowest BCUT2D eigenvalue weighted by molar-refractivity contribution is 0.380. The Kier molecular flexibility index (Phi) is 6.29. The first-order chi connectivity index (χ1) is 14.7. The highest BCUT2D eigenvalue weighted by atomic mass is 35.5. The Labute approximate surface area is 179 Å². The van der Waals surface area contributed by atoms with Crippen LogP contribution in [0.25, 0.3) is 22.3 Å².